The van der Waals surface area contributed by atoms with E-state index < -0.39 is 25.2 Å². The summed E-state index contributed by atoms with van der Waals surface area (Å²) in [7, 11) is 0. The Kier molecular flexibility index (Phi) is 12.8. The van der Waals surface area contributed by atoms with Crippen LogP contribution in [-0.2, 0) is 22.4 Å². The maximum atomic E-state index is 8.62. The van der Waals surface area contributed by atoms with Gasteiger partial charge in [-0.15, -0.1) is 0 Å². The van der Waals surface area contributed by atoms with E-state index in [-0.39, 0.29) is 22.4 Å². The minimum absolute atomic E-state index is 0. The first kappa shape index (κ1) is 16.9. The molecule has 0 unspecified atom stereocenters. The van der Waals surface area contributed by atoms with Crippen molar-refractivity contribution in [2.24, 2.45) is 0 Å². The molecule has 10 heteroatoms. The van der Waals surface area contributed by atoms with Crippen LogP contribution < -0.4 is 33.8 Å². The Morgan fingerprint density at radius 2 is 1.00 bits per heavy atom. The molecule has 0 aliphatic rings. The second-order valence-electron chi connectivity index (χ2n) is 0.602. The zero-order chi connectivity index (χ0) is 8.08. The summed E-state index contributed by atoms with van der Waals surface area (Å²) in [6.07, 6.45) is 0. The molecule has 0 bridgehead atoms. The van der Waals surface area contributed by atoms with E-state index in [4.69, 9.17) is 29.1 Å². The molecule has 0 spiro atoms. The summed E-state index contributed by atoms with van der Waals surface area (Å²) in [4.78, 5) is 8.25. The third-order valence-electron chi connectivity index (χ3n) is 0. The standard InChI is InChI=1S/Ag.IO4.NO3/c;2-1(3,4)5;2-1(3)4/q;2*-1. The topological polar surface area (TPSA) is 158 Å². The summed E-state index contributed by atoms with van der Waals surface area (Å²) in [5.74, 6) is 0. The van der Waals surface area contributed by atoms with Crippen molar-refractivity contribution in [1.29, 1.82) is 0 Å². The van der Waals surface area contributed by atoms with Gasteiger partial charge < -0.3 is 15.3 Å². The van der Waals surface area contributed by atoms with Crippen LogP contribution in [0.5, 0.6) is 0 Å². The fourth-order valence-electron chi connectivity index (χ4n) is 0. The fraction of sp³-hybridized carbons (Fsp3) is 0. The van der Waals surface area contributed by atoms with Crippen molar-refractivity contribution in [3.05, 3.63) is 15.3 Å². The first-order chi connectivity index (χ1) is 3.73. The maximum Gasteiger partial charge on any atom is 0.144 e. The third kappa shape index (κ3) is 1840. The maximum absolute atomic E-state index is 8.62. The van der Waals surface area contributed by atoms with Gasteiger partial charge in [-0.1, -0.05) is 0 Å². The average molecular weight is 361 g/mol. The molecule has 0 saturated carbocycles. The number of rotatable bonds is 0. The molecule has 0 fully saturated rings. The van der Waals surface area contributed by atoms with Crippen LogP contribution in [0.2, 0.25) is 0 Å². The van der Waals surface area contributed by atoms with Crippen LogP contribution >= 0.6 is 0 Å². The van der Waals surface area contributed by atoms with Crippen LogP contribution in [-0.4, -0.2) is 5.09 Å². The number of hydrogen-bond donors (Lipinski definition) is 0. The Morgan fingerprint density at radius 3 is 1.00 bits per heavy atom. The van der Waals surface area contributed by atoms with Gasteiger partial charge in [-0.2, -0.15) is 0 Å². The summed E-state index contributed by atoms with van der Waals surface area (Å²) in [6, 6.07) is 0. The minimum atomic E-state index is -5.94. The van der Waals surface area contributed by atoms with Gasteiger partial charge in [-0.05, 0) is 0 Å². The fourth-order valence-corrected chi connectivity index (χ4v) is 0. The molecule has 0 aromatic heterocycles. The zero-order valence-corrected chi connectivity index (χ0v) is 7.62. The van der Waals surface area contributed by atoms with E-state index in [1.165, 1.54) is 0 Å². The second kappa shape index (κ2) is 7.62. The molecule has 0 aliphatic carbocycles. The van der Waals surface area contributed by atoms with Gasteiger partial charge in [0.2, 0.25) is 0 Å². The van der Waals surface area contributed by atoms with E-state index in [2.05, 4.69) is 0 Å². The third-order valence-corrected chi connectivity index (χ3v) is 0. The van der Waals surface area contributed by atoms with E-state index in [1.54, 1.807) is 0 Å². The second-order valence-corrected chi connectivity index (χ2v) is 2.76. The van der Waals surface area contributed by atoms with Crippen LogP contribution in [0.15, 0.2) is 0 Å². The zero-order valence-electron chi connectivity index (χ0n) is 3.98. The normalized spacial score (nSPS) is 8.40. The van der Waals surface area contributed by atoms with Crippen molar-refractivity contribution in [1.82, 2.24) is 0 Å². The molecule has 10 heavy (non-hydrogen) atoms. The van der Waals surface area contributed by atoms with E-state index in [0.29, 0.717) is 0 Å². The minimum Gasteiger partial charge on any atom is -0.356 e. The number of hydrogen-bond acceptors (Lipinski definition) is 7. The van der Waals surface area contributed by atoms with E-state index in [1.807, 2.05) is 0 Å². The molecule has 8 nitrogen and oxygen atoms in total. The number of nitrogens with zero attached hydrogens (tertiary/aromatic N) is 1. The molecule has 0 heterocycles. The Morgan fingerprint density at radius 1 is 1.00 bits per heavy atom. The van der Waals surface area contributed by atoms with Crippen molar-refractivity contribution in [3.8, 4) is 0 Å². The molecule has 0 rings (SSSR count). The monoisotopic (exact) mass is 360 g/mol. The van der Waals surface area contributed by atoms with Gasteiger partial charge >= 0.3 is 0 Å². The van der Waals surface area contributed by atoms with Crippen molar-refractivity contribution in [2.45, 2.75) is 0 Å². The Hall–Kier alpha value is 0.510. The SMILES string of the molecule is O=[N+]([O-])[O-].[Ag].[O-][I+3]([O-])([O-])[O-]. The Labute approximate surface area is 76.4 Å². The molecule has 1 radical (unpaired) electrons. The van der Waals surface area contributed by atoms with Gasteiger partial charge in [-0.25, -0.2) is 0 Å². The van der Waals surface area contributed by atoms with Gasteiger partial charge in [0.15, 0.2) is 0 Å². The molecular formula is AgINO7-2. The first-order valence-electron chi connectivity index (χ1n) is 1.16. The molecule has 0 amide bonds. The summed E-state index contributed by atoms with van der Waals surface area (Å²) in [6.45, 7) is 0. The summed E-state index contributed by atoms with van der Waals surface area (Å²) >= 11 is -5.94. The quantitative estimate of drug-likeness (QED) is 0.179. The van der Waals surface area contributed by atoms with Crippen molar-refractivity contribution in [2.75, 3.05) is 0 Å². The smallest absolute Gasteiger partial charge is 0.144 e. The van der Waals surface area contributed by atoms with Crippen LogP contribution in [0.4, 0.5) is 0 Å². The molecular weight excluding hydrogens is 361 g/mol. The van der Waals surface area contributed by atoms with Gasteiger partial charge in [0.05, 0.1) is 5.09 Å². The van der Waals surface area contributed by atoms with Gasteiger partial charge in [0.25, 0.3) is 0 Å². The van der Waals surface area contributed by atoms with Crippen molar-refractivity contribution >= 4 is 0 Å². The van der Waals surface area contributed by atoms with E-state index >= 15 is 0 Å². The molecule has 67 valence electrons. The largest absolute Gasteiger partial charge is 0.356 e. The number of halogens is 1. The van der Waals surface area contributed by atoms with Crippen LogP contribution in [0.1, 0.15) is 0 Å². The predicted molar refractivity (Wildman–Crippen MR) is 10.4 cm³/mol. The summed E-state index contributed by atoms with van der Waals surface area (Å²) in [5.41, 5.74) is 0. The first-order valence-corrected chi connectivity index (χ1v) is 4.69. The van der Waals surface area contributed by atoms with E-state index in [9.17, 15) is 0 Å². The predicted octanol–water partition coefficient (Wildman–Crippen LogP) is -7.99. The molecule has 0 aromatic carbocycles. The van der Waals surface area contributed by atoms with E-state index in [0.717, 1.165) is 0 Å². The van der Waals surface area contributed by atoms with Crippen molar-refractivity contribution < 1.29 is 61.3 Å². The van der Waals surface area contributed by atoms with Gasteiger partial charge in [0.1, 0.15) is 20.1 Å². The summed E-state index contributed by atoms with van der Waals surface area (Å²) < 4.78 is 34.5. The molecule has 0 saturated heterocycles. The molecule has 0 aliphatic heterocycles. The van der Waals surface area contributed by atoms with Crippen LogP contribution in [0.3, 0.4) is 0 Å². The molecule has 0 N–H and O–H groups in total. The van der Waals surface area contributed by atoms with Gasteiger partial charge in [-0.3, -0.25) is 13.7 Å². The Balaban J connectivity index is -0.0000000910. The summed E-state index contributed by atoms with van der Waals surface area (Å²) in [5, 5.41) is 14.8. The Bertz CT molecular complexity index is 76.1. The molecule has 0 aromatic rings. The van der Waals surface area contributed by atoms with Crippen LogP contribution in [0.25, 0.3) is 0 Å². The average Bonchev–Trinajstić information content (AvgIpc) is 1.19. The van der Waals surface area contributed by atoms with Gasteiger partial charge in [0, 0.05) is 22.4 Å². The molecule has 0 atom stereocenters. The van der Waals surface area contributed by atoms with Crippen LogP contribution in [0, 0.1) is 15.3 Å². The van der Waals surface area contributed by atoms with Crippen molar-refractivity contribution in [3.63, 3.8) is 0 Å².